The van der Waals surface area contributed by atoms with Crippen molar-refractivity contribution in [2.75, 3.05) is 6.54 Å². The van der Waals surface area contributed by atoms with Crippen molar-refractivity contribution >= 4 is 0 Å². The molecular weight excluding hydrogens is 378 g/mol. The molecule has 5 heteroatoms. The lowest BCUT2D eigenvalue weighted by Gasteiger charge is -2.77. The normalized spacial score (nSPS) is 47.4. The van der Waals surface area contributed by atoms with Gasteiger partial charge in [-0.1, -0.05) is 33.8 Å². The molecule has 2 aliphatic heterocycles. The summed E-state index contributed by atoms with van der Waals surface area (Å²) in [5.74, 6) is 0.763. The van der Waals surface area contributed by atoms with E-state index >= 15 is 0 Å². The Morgan fingerprint density at radius 2 is 1.87 bits per heavy atom. The van der Waals surface area contributed by atoms with E-state index in [9.17, 15) is 15.3 Å². The molecule has 7 rings (SSSR count). The van der Waals surface area contributed by atoms with Gasteiger partial charge in [0.15, 0.2) is 11.5 Å². The van der Waals surface area contributed by atoms with Crippen LogP contribution in [0.25, 0.3) is 0 Å². The average Bonchev–Trinajstić information content (AvgIpc) is 3.00. The third-order valence-corrected chi connectivity index (χ3v) is 10.8. The Hall–Kier alpha value is -1.30. The molecule has 7 atom stereocenters. The van der Waals surface area contributed by atoms with Crippen molar-refractivity contribution in [1.82, 2.24) is 5.32 Å². The topological polar surface area (TPSA) is 82.0 Å². The minimum Gasteiger partial charge on any atom is -0.504 e. The summed E-state index contributed by atoms with van der Waals surface area (Å²) in [6, 6.07) is 4.08. The Kier molecular flexibility index (Phi) is 3.25. The van der Waals surface area contributed by atoms with Crippen LogP contribution in [0.4, 0.5) is 0 Å². The molecule has 4 aliphatic carbocycles. The van der Waals surface area contributed by atoms with Crippen LogP contribution in [0.5, 0.6) is 11.5 Å². The lowest BCUT2D eigenvalue weighted by atomic mass is 9.30. The predicted octanol–water partition coefficient (Wildman–Crippen LogP) is 3.03. The summed E-state index contributed by atoms with van der Waals surface area (Å²) in [5.41, 5.74) is -1.42. The number of phenols is 1. The number of hydrogen-bond acceptors (Lipinski definition) is 5. The molecule has 164 valence electrons. The number of fused-ring (bicyclic) bond motifs is 2. The maximum atomic E-state index is 12.5. The van der Waals surface area contributed by atoms with E-state index in [1.54, 1.807) is 6.07 Å². The molecule has 2 unspecified atom stereocenters. The number of hydrogen-bond donors (Lipinski definition) is 4. The molecule has 2 spiro atoms. The molecular formula is C25H35NO4. The predicted molar refractivity (Wildman–Crippen MR) is 114 cm³/mol. The fourth-order valence-corrected chi connectivity index (χ4v) is 8.78. The Balaban J connectivity index is 1.67. The Morgan fingerprint density at radius 3 is 2.57 bits per heavy atom. The van der Waals surface area contributed by atoms with Crippen LogP contribution in [0, 0.1) is 16.2 Å². The molecule has 30 heavy (non-hydrogen) atoms. The molecule has 1 saturated heterocycles. The molecule has 3 saturated carbocycles. The standard InChI is InChI=1S/C25H35NO4/c1-20(2,3)22(5,28)21(4)13-23-8-9-25(21,29)19-24(23)10-11-26-16(23)12-14-6-7-15(27)18(30-19)17(14)24/h6-7,16,19,26-29H,8-13H2,1-5H3/t16?,19-,21-,22+,23?,24+,25+/m1/s1. The highest BCUT2D eigenvalue weighted by Crippen LogP contribution is 2.79. The number of piperidine rings is 1. The number of aliphatic hydroxyl groups is 2. The van der Waals surface area contributed by atoms with Crippen molar-refractivity contribution < 1.29 is 20.1 Å². The van der Waals surface area contributed by atoms with E-state index in [4.69, 9.17) is 4.74 Å². The van der Waals surface area contributed by atoms with Crippen LogP contribution < -0.4 is 10.1 Å². The summed E-state index contributed by atoms with van der Waals surface area (Å²) in [4.78, 5) is 0. The summed E-state index contributed by atoms with van der Waals surface area (Å²) in [6.07, 6.45) is 3.65. The zero-order chi connectivity index (χ0) is 21.5. The lowest BCUT2D eigenvalue weighted by molar-refractivity contribution is -0.336. The SMILES string of the molecule is CC(C)(C)[C@](C)(O)[C@@]1(C)CC23CC[C@]1(O)[C@@H]1Oc4c(O)ccc5c4[C@@]12CCNC3C5. The van der Waals surface area contributed by atoms with Gasteiger partial charge in [0.2, 0.25) is 0 Å². The van der Waals surface area contributed by atoms with Gasteiger partial charge in [-0.15, -0.1) is 0 Å². The van der Waals surface area contributed by atoms with Crippen molar-refractivity contribution in [3.8, 4) is 11.5 Å². The molecule has 4 N–H and O–H groups in total. The summed E-state index contributed by atoms with van der Waals surface area (Å²) in [6.45, 7) is 11.1. The van der Waals surface area contributed by atoms with Crippen molar-refractivity contribution in [1.29, 1.82) is 0 Å². The molecule has 6 aliphatic rings. The molecule has 1 aromatic carbocycles. The zero-order valence-corrected chi connectivity index (χ0v) is 18.8. The summed E-state index contributed by atoms with van der Waals surface area (Å²) < 4.78 is 6.61. The van der Waals surface area contributed by atoms with Crippen LogP contribution in [0.1, 0.15) is 71.4 Å². The summed E-state index contributed by atoms with van der Waals surface area (Å²) in [7, 11) is 0. The minimum atomic E-state index is -1.17. The van der Waals surface area contributed by atoms with E-state index in [2.05, 4.69) is 33.0 Å². The zero-order valence-electron chi connectivity index (χ0n) is 18.8. The molecule has 0 radical (unpaired) electrons. The molecule has 5 nitrogen and oxygen atoms in total. The maximum absolute atomic E-state index is 12.5. The van der Waals surface area contributed by atoms with Crippen LogP contribution in [0.15, 0.2) is 12.1 Å². The van der Waals surface area contributed by atoms with E-state index in [0.29, 0.717) is 18.2 Å². The van der Waals surface area contributed by atoms with Crippen molar-refractivity contribution in [3.05, 3.63) is 23.3 Å². The van der Waals surface area contributed by atoms with Gasteiger partial charge in [0.1, 0.15) is 11.7 Å². The average molecular weight is 414 g/mol. The number of phenolic OH excluding ortho intramolecular Hbond substituents is 1. The number of nitrogens with one attached hydrogen (secondary N) is 1. The number of aromatic hydroxyl groups is 1. The fraction of sp³-hybridized carbons (Fsp3) is 0.760. The van der Waals surface area contributed by atoms with Crippen molar-refractivity contribution in [2.24, 2.45) is 16.2 Å². The Bertz CT molecular complexity index is 967. The van der Waals surface area contributed by atoms with Gasteiger partial charge >= 0.3 is 0 Å². The molecule has 0 aromatic heterocycles. The van der Waals surface area contributed by atoms with Crippen LogP contribution in [0.3, 0.4) is 0 Å². The molecule has 2 heterocycles. The fourth-order valence-electron chi connectivity index (χ4n) is 8.78. The lowest BCUT2D eigenvalue weighted by Crippen LogP contribution is -2.85. The van der Waals surface area contributed by atoms with Crippen molar-refractivity contribution in [3.63, 3.8) is 0 Å². The van der Waals surface area contributed by atoms with Gasteiger partial charge in [-0.2, -0.15) is 0 Å². The first-order chi connectivity index (χ1) is 13.9. The molecule has 1 aromatic rings. The van der Waals surface area contributed by atoms with Gasteiger partial charge in [-0.3, -0.25) is 0 Å². The van der Waals surface area contributed by atoms with Gasteiger partial charge in [0, 0.05) is 27.9 Å². The van der Waals surface area contributed by atoms with Gasteiger partial charge in [0.25, 0.3) is 0 Å². The van der Waals surface area contributed by atoms with Gasteiger partial charge in [-0.05, 0) is 62.6 Å². The smallest absolute Gasteiger partial charge is 0.165 e. The summed E-state index contributed by atoms with van der Waals surface area (Å²) >= 11 is 0. The van der Waals surface area contributed by atoms with E-state index in [0.717, 1.165) is 37.8 Å². The Labute approximate surface area is 178 Å². The molecule has 4 fully saturated rings. The third kappa shape index (κ3) is 1.64. The third-order valence-electron chi connectivity index (χ3n) is 10.8. The van der Waals surface area contributed by atoms with Crippen LogP contribution in [0.2, 0.25) is 0 Å². The largest absolute Gasteiger partial charge is 0.504 e. The quantitative estimate of drug-likeness (QED) is 0.569. The first-order valence-electron chi connectivity index (χ1n) is 11.6. The number of rotatable bonds is 1. The van der Waals surface area contributed by atoms with Crippen molar-refractivity contribution in [2.45, 2.75) is 95.5 Å². The monoisotopic (exact) mass is 413 g/mol. The van der Waals surface area contributed by atoms with E-state index in [1.165, 1.54) is 5.56 Å². The first-order valence-corrected chi connectivity index (χ1v) is 11.6. The van der Waals surface area contributed by atoms with Gasteiger partial charge < -0.3 is 25.4 Å². The highest BCUT2D eigenvalue weighted by molar-refractivity contribution is 5.63. The van der Waals surface area contributed by atoms with E-state index < -0.39 is 28.1 Å². The molecule has 4 bridgehead atoms. The summed E-state index contributed by atoms with van der Waals surface area (Å²) in [5, 5.41) is 39.1. The highest BCUT2D eigenvalue weighted by Gasteiger charge is 2.84. The van der Waals surface area contributed by atoms with E-state index in [1.807, 2.05) is 13.0 Å². The van der Waals surface area contributed by atoms with Crippen LogP contribution in [-0.2, 0) is 11.8 Å². The second kappa shape index (κ2) is 5.02. The van der Waals surface area contributed by atoms with Gasteiger partial charge in [0.05, 0.1) is 5.60 Å². The molecule has 0 amide bonds. The maximum Gasteiger partial charge on any atom is 0.165 e. The minimum absolute atomic E-state index is 0.101. The van der Waals surface area contributed by atoms with E-state index in [-0.39, 0.29) is 16.6 Å². The second-order valence-electron chi connectivity index (χ2n) is 12.3. The van der Waals surface area contributed by atoms with Crippen LogP contribution in [-0.4, -0.2) is 45.2 Å². The second-order valence-corrected chi connectivity index (χ2v) is 12.3. The Morgan fingerprint density at radius 1 is 1.13 bits per heavy atom. The first kappa shape index (κ1) is 19.4. The number of benzene rings is 1. The van der Waals surface area contributed by atoms with Gasteiger partial charge in [-0.25, -0.2) is 0 Å². The van der Waals surface area contributed by atoms with Crippen LogP contribution >= 0.6 is 0 Å². The highest BCUT2D eigenvalue weighted by atomic mass is 16.5. The number of ether oxygens (including phenoxy) is 1.